The quantitative estimate of drug-likeness (QED) is 0.813. The van der Waals surface area contributed by atoms with Crippen LogP contribution in [0.15, 0.2) is 28.8 Å². The van der Waals surface area contributed by atoms with E-state index in [1.807, 2.05) is 31.2 Å². The van der Waals surface area contributed by atoms with Crippen molar-refractivity contribution in [1.29, 1.82) is 0 Å². The number of ether oxygens (including phenoxy) is 1. The summed E-state index contributed by atoms with van der Waals surface area (Å²) in [5.74, 6) is 1.59. The first kappa shape index (κ1) is 15.5. The SMILES string of the molecule is COC(=O)C(N)CSCc1nc(-c2ccc(C)cc2)no1. The lowest BCUT2D eigenvalue weighted by atomic mass is 10.1. The van der Waals surface area contributed by atoms with Gasteiger partial charge in [0.25, 0.3) is 0 Å². The topological polar surface area (TPSA) is 91.2 Å². The van der Waals surface area contributed by atoms with Crippen molar-refractivity contribution in [3.63, 3.8) is 0 Å². The number of esters is 1. The van der Waals surface area contributed by atoms with E-state index < -0.39 is 12.0 Å². The Morgan fingerprint density at radius 2 is 2.14 bits per heavy atom. The van der Waals surface area contributed by atoms with Crippen LogP contribution in [0, 0.1) is 6.92 Å². The molecule has 6 nitrogen and oxygen atoms in total. The molecule has 7 heteroatoms. The summed E-state index contributed by atoms with van der Waals surface area (Å²) in [6, 6.07) is 7.25. The van der Waals surface area contributed by atoms with E-state index in [4.69, 9.17) is 10.3 Å². The van der Waals surface area contributed by atoms with Crippen LogP contribution in [0.1, 0.15) is 11.5 Å². The molecule has 0 fully saturated rings. The molecule has 1 aromatic carbocycles. The van der Waals surface area contributed by atoms with Crippen LogP contribution in [0.2, 0.25) is 0 Å². The van der Waals surface area contributed by atoms with Crippen LogP contribution >= 0.6 is 11.8 Å². The number of thioether (sulfide) groups is 1. The fourth-order valence-corrected chi connectivity index (χ4v) is 2.43. The number of hydrogen-bond donors (Lipinski definition) is 1. The molecular formula is C14H17N3O3S. The van der Waals surface area contributed by atoms with Gasteiger partial charge in [-0.15, -0.1) is 11.8 Å². The summed E-state index contributed by atoms with van der Waals surface area (Å²) < 4.78 is 9.74. The van der Waals surface area contributed by atoms with Crippen molar-refractivity contribution in [2.75, 3.05) is 12.9 Å². The summed E-state index contributed by atoms with van der Waals surface area (Å²) >= 11 is 1.45. The zero-order valence-electron chi connectivity index (χ0n) is 11.9. The van der Waals surface area contributed by atoms with E-state index in [-0.39, 0.29) is 0 Å². The van der Waals surface area contributed by atoms with E-state index in [1.165, 1.54) is 24.4 Å². The van der Waals surface area contributed by atoms with E-state index in [9.17, 15) is 4.79 Å². The van der Waals surface area contributed by atoms with Crippen molar-refractivity contribution in [2.24, 2.45) is 5.73 Å². The maximum Gasteiger partial charge on any atom is 0.323 e. The van der Waals surface area contributed by atoms with E-state index in [0.29, 0.717) is 23.2 Å². The van der Waals surface area contributed by atoms with E-state index in [1.54, 1.807) is 0 Å². The van der Waals surface area contributed by atoms with E-state index in [0.717, 1.165) is 5.56 Å². The highest BCUT2D eigenvalue weighted by molar-refractivity contribution is 7.98. The Hall–Kier alpha value is -1.86. The molecule has 0 spiro atoms. The number of benzene rings is 1. The smallest absolute Gasteiger partial charge is 0.323 e. The fraction of sp³-hybridized carbons (Fsp3) is 0.357. The zero-order valence-corrected chi connectivity index (χ0v) is 12.7. The first-order valence-corrected chi connectivity index (χ1v) is 7.56. The predicted molar refractivity (Wildman–Crippen MR) is 80.6 cm³/mol. The lowest BCUT2D eigenvalue weighted by Crippen LogP contribution is -2.33. The third-order valence-corrected chi connectivity index (χ3v) is 3.85. The third-order valence-electron chi connectivity index (χ3n) is 2.80. The molecule has 1 unspecified atom stereocenters. The molecule has 0 amide bonds. The Morgan fingerprint density at radius 3 is 2.81 bits per heavy atom. The first-order chi connectivity index (χ1) is 10.1. The van der Waals surface area contributed by atoms with E-state index in [2.05, 4.69) is 14.9 Å². The third kappa shape index (κ3) is 4.30. The largest absolute Gasteiger partial charge is 0.468 e. The van der Waals surface area contributed by atoms with Gasteiger partial charge in [0.05, 0.1) is 12.9 Å². The van der Waals surface area contributed by atoms with Crippen LogP contribution in [0.5, 0.6) is 0 Å². The molecule has 2 aromatic rings. The second kappa shape index (κ2) is 7.24. The molecule has 0 saturated carbocycles. The van der Waals surface area contributed by atoms with Gasteiger partial charge in [-0.05, 0) is 6.92 Å². The normalized spacial score (nSPS) is 12.1. The molecule has 0 aliphatic rings. The molecule has 2 N–H and O–H groups in total. The summed E-state index contributed by atoms with van der Waals surface area (Å²) in [7, 11) is 1.32. The van der Waals surface area contributed by atoms with Crippen LogP contribution in [0.4, 0.5) is 0 Å². The highest BCUT2D eigenvalue weighted by atomic mass is 32.2. The molecule has 0 aliphatic heterocycles. The van der Waals surface area contributed by atoms with Gasteiger partial charge in [-0.3, -0.25) is 4.79 Å². The van der Waals surface area contributed by atoms with E-state index >= 15 is 0 Å². The van der Waals surface area contributed by atoms with Crippen molar-refractivity contribution < 1.29 is 14.1 Å². The minimum absolute atomic E-state index is 0.423. The molecule has 21 heavy (non-hydrogen) atoms. The average Bonchev–Trinajstić information content (AvgIpc) is 2.95. The summed E-state index contributed by atoms with van der Waals surface area (Å²) in [6.45, 7) is 2.02. The van der Waals surface area contributed by atoms with Crippen LogP contribution < -0.4 is 5.73 Å². The Morgan fingerprint density at radius 1 is 1.43 bits per heavy atom. The van der Waals surface area contributed by atoms with Gasteiger partial charge in [-0.25, -0.2) is 0 Å². The Bertz CT molecular complexity index is 598. The average molecular weight is 307 g/mol. The lowest BCUT2D eigenvalue weighted by molar-refractivity contribution is -0.141. The van der Waals surface area contributed by atoms with Crippen LogP contribution in [0.3, 0.4) is 0 Å². The number of aryl methyl sites for hydroxylation is 1. The number of nitrogens with zero attached hydrogens (tertiary/aromatic N) is 2. The monoisotopic (exact) mass is 307 g/mol. The number of nitrogens with two attached hydrogens (primary N) is 1. The minimum Gasteiger partial charge on any atom is -0.468 e. The fourth-order valence-electron chi connectivity index (χ4n) is 1.63. The molecule has 2 rings (SSSR count). The number of carbonyl (C=O) groups is 1. The predicted octanol–water partition coefficient (Wildman–Crippen LogP) is 1.78. The molecule has 0 radical (unpaired) electrons. The van der Waals surface area contributed by atoms with Crippen molar-refractivity contribution >= 4 is 17.7 Å². The van der Waals surface area contributed by atoms with Crippen molar-refractivity contribution in [2.45, 2.75) is 18.7 Å². The van der Waals surface area contributed by atoms with Gasteiger partial charge in [0, 0.05) is 11.3 Å². The Labute approximate surface area is 127 Å². The summed E-state index contributed by atoms with van der Waals surface area (Å²) in [5, 5.41) is 3.94. The summed E-state index contributed by atoms with van der Waals surface area (Å²) in [6.07, 6.45) is 0. The minimum atomic E-state index is -0.639. The van der Waals surface area contributed by atoms with Crippen molar-refractivity contribution in [3.05, 3.63) is 35.7 Å². The van der Waals surface area contributed by atoms with Gasteiger partial charge < -0.3 is 15.0 Å². The number of rotatable bonds is 6. The highest BCUT2D eigenvalue weighted by Gasteiger charge is 2.14. The zero-order chi connectivity index (χ0) is 15.2. The highest BCUT2D eigenvalue weighted by Crippen LogP contribution is 2.18. The Kier molecular flexibility index (Phi) is 5.35. The van der Waals surface area contributed by atoms with Gasteiger partial charge in [-0.2, -0.15) is 4.98 Å². The second-order valence-corrected chi connectivity index (χ2v) is 5.55. The van der Waals surface area contributed by atoms with Gasteiger partial charge >= 0.3 is 5.97 Å². The molecule has 1 aromatic heterocycles. The molecule has 112 valence electrons. The van der Waals surface area contributed by atoms with Crippen LogP contribution in [-0.4, -0.2) is 35.0 Å². The van der Waals surface area contributed by atoms with Crippen LogP contribution in [-0.2, 0) is 15.3 Å². The Balaban J connectivity index is 1.89. The summed E-state index contributed by atoms with van der Waals surface area (Å²) in [4.78, 5) is 15.5. The van der Waals surface area contributed by atoms with Crippen molar-refractivity contribution in [3.8, 4) is 11.4 Å². The van der Waals surface area contributed by atoms with Gasteiger partial charge in [0.15, 0.2) is 0 Å². The standard InChI is InChI=1S/C14H17N3O3S/c1-9-3-5-10(6-4-9)13-16-12(20-17-13)8-21-7-11(15)14(18)19-2/h3-6,11H,7-8,15H2,1-2H3. The van der Waals surface area contributed by atoms with Gasteiger partial charge in [0.1, 0.15) is 6.04 Å². The van der Waals surface area contributed by atoms with Gasteiger partial charge in [0.2, 0.25) is 11.7 Å². The van der Waals surface area contributed by atoms with Crippen molar-refractivity contribution in [1.82, 2.24) is 10.1 Å². The molecule has 0 bridgehead atoms. The summed E-state index contributed by atoms with van der Waals surface area (Å²) in [5.41, 5.74) is 7.73. The molecule has 1 atom stereocenters. The maximum absolute atomic E-state index is 11.2. The number of aromatic nitrogens is 2. The molecular weight excluding hydrogens is 290 g/mol. The maximum atomic E-state index is 11.2. The number of hydrogen-bond acceptors (Lipinski definition) is 7. The molecule has 1 heterocycles. The number of methoxy groups -OCH3 is 1. The number of carbonyl (C=O) groups excluding carboxylic acids is 1. The van der Waals surface area contributed by atoms with Gasteiger partial charge in [-0.1, -0.05) is 35.0 Å². The lowest BCUT2D eigenvalue weighted by Gasteiger charge is -2.06. The second-order valence-electron chi connectivity index (χ2n) is 4.52. The van der Waals surface area contributed by atoms with Crippen LogP contribution in [0.25, 0.3) is 11.4 Å². The first-order valence-electron chi connectivity index (χ1n) is 6.41. The molecule has 0 aliphatic carbocycles. The molecule has 0 saturated heterocycles.